The van der Waals surface area contributed by atoms with Gasteiger partial charge in [-0.1, -0.05) is 25.1 Å². The molecule has 23 heavy (non-hydrogen) atoms. The fourth-order valence-corrected chi connectivity index (χ4v) is 2.63. The van der Waals surface area contributed by atoms with Crippen molar-refractivity contribution in [3.05, 3.63) is 47.5 Å². The van der Waals surface area contributed by atoms with Gasteiger partial charge in [0, 0.05) is 17.5 Å². The van der Waals surface area contributed by atoms with Crippen LogP contribution in [0.3, 0.4) is 0 Å². The van der Waals surface area contributed by atoms with Gasteiger partial charge in [0.2, 0.25) is 0 Å². The lowest BCUT2D eigenvalue weighted by atomic mass is 9.98. The predicted octanol–water partition coefficient (Wildman–Crippen LogP) is 3.15. The summed E-state index contributed by atoms with van der Waals surface area (Å²) in [6.07, 6.45) is 0. The van der Waals surface area contributed by atoms with Crippen LogP contribution in [-0.4, -0.2) is 12.6 Å². The molecule has 4 N–H and O–H groups in total. The van der Waals surface area contributed by atoms with Crippen molar-refractivity contribution in [2.75, 3.05) is 11.9 Å². The number of rotatable bonds is 3. The Hall–Kier alpha value is -3.20. The molecule has 2 aromatic carbocycles. The van der Waals surface area contributed by atoms with E-state index in [0.29, 0.717) is 35.1 Å². The van der Waals surface area contributed by atoms with Gasteiger partial charge in [-0.15, -0.1) is 0 Å². The van der Waals surface area contributed by atoms with Gasteiger partial charge >= 0.3 is 0 Å². The minimum atomic E-state index is -0.179. The number of hydrogen-bond acceptors (Lipinski definition) is 4. The molecule has 0 aromatic heterocycles. The van der Waals surface area contributed by atoms with E-state index in [0.717, 1.165) is 5.56 Å². The average molecular weight is 308 g/mol. The van der Waals surface area contributed by atoms with Gasteiger partial charge in [-0.2, -0.15) is 5.26 Å². The zero-order valence-electron chi connectivity index (χ0n) is 12.6. The monoisotopic (exact) mass is 308 g/mol. The molecule has 1 atom stereocenters. The van der Waals surface area contributed by atoms with Crippen molar-refractivity contribution in [3.8, 4) is 23.3 Å². The molecule has 0 saturated heterocycles. The summed E-state index contributed by atoms with van der Waals surface area (Å²) >= 11 is 0. The molecule has 0 bridgehead atoms. The molecule has 0 saturated carbocycles. The van der Waals surface area contributed by atoms with Crippen molar-refractivity contribution in [2.45, 2.75) is 12.8 Å². The van der Waals surface area contributed by atoms with Crippen molar-refractivity contribution < 1.29 is 9.47 Å². The van der Waals surface area contributed by atoms with E-state index >= 15 is 0 Å². The van der Waals surface area contributed by atoms with Crippen molar-refractivity contribution in [3.63, 3.8) is 0 Å². The predicted molar refractivity (Wildman–Crippen MR) is 87.1 cm³/mol. The number of nitrogens with two attached hydrogens (primary N) is 1. The quantitative estimate of drug-likeness (QED) is 0.597. The van der Waals surface area contributed by atoms with Crippen LogP contribution in [0, 0.1) is 16.7 Å². The zero-order chi connectivity index (χ0) is 16.4. The highest BCUT2D eigenvalue weighted by Gasteiger charge is 2.30. The first kappa shape index (κ1) is 14.7. The lowest BCUT2D eigenvalue weighted by Crippen LogP contribution is -2.21. The summed E-state index contributed by atoms with van der Waals surface area (Å²) in [7, 11) is 0. The molecule has 3 rings (SSSR count). The van der Waals surface area contributed by atoms with E-state index in [1.165, 1.54) is 0 Å². The van der Waals surface area contributed by atoms with Gasteiger partial charge in [-0.3, -0.25) is 5.41 Å². The fraction of sp³-hybridized carbons (Fsp3) is 0.176. The molecule has 6 heteroatoms. The summed E-state index contributed by atoms with van der Waals surface area (Å²) in [6, 6.07) is 13.0. The van der Waals surface area contributed by atoms with Gasteiger partial charge in [0.05, 0.1) is 12.3 Å². The molecule has 1 heterocycles. The lowest BCUT2D eigenvalue weighted by Gasteiger charge is -2.16. The lowest BCUT2D eigenvalue weighted by molar-refractivity contribution is 0.335. The molecule has 0 amide bonds. The Bertz CT molecular complexity index is 796. The standard InChI is InChI=1S/C17H16N4O2/c1-10-9-22-16-12(8-18)14(23-11-5-3-2-4-6-11)7-13(15(10)16)21-17(19)20/h2-7,10H,9H2,1H3,(H4,19,20,21). The van der Waals surface area contributed by atoms with E-state index < -0.39 is 0 Å². The first-order valence-electron chi connectivity index (χ1n) is 7.18. The molecule has 0 fully saturated rings. The highest BCUT2D eigenvalue weighted by Crippen LogP contribution is 2.46. The van der Waals surface area contributed by atoms with E-state index in [2.05, 4.69) is 11.4 Å². The molecule has 0 spiro atoms. The van der Waals surface area contributed by atoms with Crippen molar-refractivity contribution in [1.82, 2.24) is 0 Å². The van der Waals surface area contributed by atoms with E-state index in [9.17, 15) is 5.26 Å². The first-order valence-corrected chi connectivity index (χ1v) is 7.18. The minimum absolute atomic E-state index is 0.102. The maximum absolute atomic E-state index is 9.52. The molecule has 2 aromatic rings. The maximum Gasteiger partial charge on any atom is 0.190 e. The zero-order valence-corrected chi connectivity index (χ0v) is 12.6. The first-order chi connectivity index (χ1) is 11.1. The van der Waals surface area contributed by atoms with Crippen molar-refractivity contribution in [2.24, 2.45) is 5.73 Å². The Morgan fingerprint density at radius 1 is 1.43 bits per heavy atom. The van der Waals surface area contributed by atoms with Crippen molar-refractivity contribution in [1.29, 1.82) is 10.7 Å². The summed E-state index contributed by atoms with van der Waals surface area (Å²) in [4.78, 5) is 0. The number of ether oxygens (including phenoxy) is 2. The molecule has 0 aliphatic carbocycles. The maximum atomic E-state index is 9.52. The number of nitriles is 1. The van der Waals surface area contributed by atoms with Crippen LogP contribution in [0.1, 0.15) is 24.0 Å². The molecule has 1 aliphatic heterocycles. The molecule has 0 radical (unpaired) electrons. The van der Waals surface area contributed by atoms with Crippen LogP contribution in [0.15, 0.2) is 36.4 Å². The number of guanidine groups is 1. The second-order valence-electron chi connectivity index (χ2n) is 5.32. The molecule has 6 nitrogen and oxygen atoms in total. The minimum Gasteiger partial charge on any atom is -0.491 e. The number of benzene rings is 2. The normalized spacial score (nSPS) is 15.2. The largest absolute Gasteiger partial charge is 0.491 e. The van der Waals surface area contributed by atoms with Gasteiger partial charge < -0.3 is 20.5 Å². The smallest absolute Gasteiger partial charge is 0.190 e. The number of hydrogen-bond donors (Lipinski definition) is 3. The second-order valence-corrected chi connectivity index (χ2v) is 5.32. The van der Waals surface area contributed by atoms with E-state index in [4.69, 9.17) is 20.6 Å². The number of nitrogens with zero attached hydrogens (tertiary/aromatic N) is 1. The van der Waals surface area contributed by atoms with Crippen LogP contribution < -0.4 is 20.5 Å². The van der Waals surface area contributed by atoms with Crippen LogP contribution in [0.2, 0.25) is 0 Å². The Kier molecular flexibility index (Phi) is 3.77. The Morgan fingerprint density at radius 3 is 2.83 bits per heavy atom. The van der Waals surface area contributed by atoms with Crippen LogP contribution in [-0.2, 0) is 0 Å². The Labute approximate surface area is 134 Å². The van der Waals surface area contributed by atoms with Crippen LogP contribution >= 0.6 is 0 Å². The van der Waals surface area contributed by atoms with Gasteiger partial charge in [0.1, 0.15) is 23.1 Å². The topological polar surface area (TPSA) is 104 Å². The van der Waals surface area contributed by atoms with Gasteiger partial charge in [0.15, 0.2) is 11.7 Å². The molecule has 116 valence electrons. The molecular formula is C17H16N4O2. The number of para-hydroxylation sites is 1. The second kappa shape index (κ2) is 5.89. The highest BCUT2D eigenvalue weighted by molar-refractivity contribution is 5.92. The summed E-state index contributed by atoms with van der Waals surface area (Å²) < 4.78 is 11.5. The van der Waals surface area contributed by atoms with Gasteiger partial charge in [-0.25, -0.2) is 0 Å². The fourth-order valence-electron chi connectivity index (χ4n) is 2.63. The van der Waals surface area contributed by atoms with Gasteiger partial charge in [-0.05, 0) is 12.1 Å². The van der Waals surface area contributed by atoms with E-state index in [1.807, 2.05) is 25.1 Å². The number of fused-ring (bicyclic) bond motifs is 1. The molecular weight excluding hydrogens is 292 g/mol. The SMILES string of the molecule is CC1COc2c(C#N)c(Oc3ccccc3)cc(NC(=N)N)c21. The highest BCUT2D eigenvalue weighted by atomic mass is 16.5. The average Bonchev–Trinajstić information content (AvgIpc) is 2.90. The number of nitrogens with one attached hydrogen (secondary N) is 2. The van der Waals surface area contributed by atoms with Gasteiger partial charge in [0.25, 0.3) is 0 Å². The Balaban J connectivity index is 2.12. The van der Waals surface area contributed by atoms with E-state index in [-0.39, 0.29) is 11.9 Å². The third kappa shape index (κ3) is 2.77. The summed E-state index contributed by atoms with van der Waals surface area (Å²) in [6.45, 7) is 2.47. The summed E-state index contributed by atoms with van der Waals surface area (Å²) in [5, 5.41) is 19.8. The summed E-state index contributed by atoms with van der Waals surface area (Å²) in [5.41, 5.74) is 7.28. The van der Waals surface area contributed by atoms with Crippen LogP contribution in [0.5, 0.6) is 17.2 Å². The molecule has 1 unspecified atom stereocenters. The third-order valence-corrected chi connectivity index (χ3v) is 3.61. The van der Waals surface area contributed by atoms with Crippen LogP contribution in [0.25, 0.3) is 0 Å². The van der Waals surface area contributed by atoms with E-state index in [1.54, 1.807) is 18.2 Å². The third-order valence-electron chi connectivity index (χ3n) is 3.61. The van der Waals surface area contributed by atoms with Crippen LogP contribution in [0.4, 0.5) is 5.69 Å². The molecule has 1 aliphatic rings. The number of anilines is 1. The summed E-state index contributed by atoms with van der Waals surface area (Å²) in [5.74, 6) is 1.41. The Morgan fingerprint density at radius 2 is 2.17 bits per heavy atom. The van der Waals surface area contributed by atoms with Crippen molar-refractivity contribution >= 4 is 11.6 Å².